The molecule has 2 heteroatoms. The summed E-state index contributed by atoms with van der Waals surface area (Å²) in [4.78, 5) is 11.4. The van der Waals surface area contributed by atoms with Crippen LogP contribution in [-0.2, 0) is 4.79 Å². The minimum Gasteiger partial charge on any atom is -0.299 e. The van der Waals surface area contributed by atoms with Crippen LogP contribution in [0.2, 0.25) is 0 Å². The normalized spacial score (nSPS) is 29.3. The highest BCUT2D eigenvalue weighted by Crippen LogP contribution is 2.37. The van der Waals surface area contributed by atoms with Crippen LogP contribution >= 0.6 is 15.9 Å². The molecule has 0 aromatic carbocycles. The minimum atomic E-state index is 0.00694. The smallest absolute Gasteiger partial charge is 0.137 e. The minimum absolute atomic E-state index is 0.00694. The second kappa shape index (κ2) is 3.70. The van der Waals surface area contributed by atoms with Gasteiger partial charge in [-0.3, -0.25) is 4.79 Å². The van der Waals surface area contributed by atoms with Crippen LogP contribution in [0, 0.1) is 11.8 Å². The third-order valence-electron chi connectivity index (χ3n) is 2.65. The van der Waals surface area contributed by atoms with Gasteiger partial charge in [-0.15, -0.1) is 0 Å². The number of allylic oxidation sites excluding steroid dienone is 8. The number of carbonyl (C=O) groups excluding carboxylic acids is 1. The summed E-state index contributed by atoms with van der Waals surface area (Å²) >= 11 is 3.50. The molecule has 2 unspecified atom stereocenters. The molecule has 0 aliphatic heterocycles. The van der Waals surface area contributed by atoms with E-state index in [4.69, 9.17) is 0 Å². The Morgan fingerprint density at radius 1 is 1.29 bits per heavy atom. The van der Waals surface area contributed by atoms with Crippen LogP contribution in [0.3, 0.4) is 0 Å². The Bertz CT molecular complexity index is 385. The van der Waals surface area contributed by atoms with E-state index in [0.29, 0.717) is 0 Å². The molecular formula is C12H11BrO. The van der Waals surface area contributed by atoms with E-state index in [2.05, 4.69) is 28.1 Å². The van der Waals surface area contributed by atoms with Gasteiger partial charge in [0, 0.05) is 16.3 Å². The molecule has 2 aliphatic rings. The van der Waals surface area contributed by atoms with Gasteiger partial charge in [-0.05, 0) is 18.6 Å². The third-order valence-corrected chi connectivity index (χ3v) is 3.37. The van der Waals surface area contributed by atoms with Crippen LogP contribution in [0.1, 0.15) is 6.92 Å². The largest absolute Gasteiger partial charge is 0.299 e. The maximum atomic E-state index is 11.4. The summed E-state index contributed by atoms with van der Waals surface area (Å²) in [5, 5.41) is 0. The topological polar surface area (TPSA) is 17.1 Å². The maximum Gasteiger partial charge on any atom is 0.137 e. The fraction of sp³-hybridized carbons (Fsp3) is 0.250. The van der Waals surface area contributed by atoms with Gasteiger partial charge in [0.25, 0.3) is 0 Å². The Morgan fingerprint density at radius 2 is 2.00 bits per heavy atom. The Kier molecular flexibility index (Phi) is 2.55. The summed E-state index contributed by atoms with van der Waals surface area (Å²) in [5.41, 5.74) is 1.20. The standard InChI is InChI=1S/C12H11BrO/c1-8(14)9-4-2-6-11-10(9)5-3-7-12(11)13/h2-7,9-10H,1H3. The third kappa shape index (κ3) is 1.55. The van der Waals surface area contributed by atoms with E-state index in [1.807, 2.05) is 24.3 Å². The van der Waals surface area contributed by atoms with Crippen molar-refractivity contribution in [1.29, 1.82) is 0 Å². The number of halogens is 1. The lowest BCUT2D eigenvalue weighted by Gasteiger charge is -2.27. The van der Waals surface area contributed by atoms with E-state index in [0.717, 1.165) is 4.48 Å². The van der Waals surface area contributed by atoms with Crippen molar-refractivity contribution in [3.8, 4) is 0 Å². The molecule has 0 heterocycles. The zero-order chi connectivity index (χ0) is 10.1. The maximum absolute atomic E-state index is 11.4. The fourth-order valence-corrected chi connectivity index (χ4v) is 2.46. The van der Waals surface area contributed by atoms with Crippen molar-refractivity contribution >= 4 is 21.7 Å². The molecule has 2 rings (SSSR count). The number of Topliss-reactive ketones (excluding diaryl/α,β-unsaturated/α-hetero) is 1. The molecule has 2 atom stereocenters. The average molecular weight is 251 g/mol. The average Bonchev–Trinajstić information content (AvgIpc) is 2.17. The van der Waals surface area contributed by atoms with Gasteiger partial charge >= 0.3 is 0 Å². The predicted molar refractivity (Wildman–Crippen MR) is 61.0 cm³/mol. The molecule has 0 saturated carbocycles. The Balaban J connectivity index is 2.38. The molecule has 0 N–H and O–H groups in total. The SMILES string of the molecule is CC(=O)C1C=CC=C2C(Br)=CC=CC21. The van der Waals surface area contributed by atoms with Crippen molar-refractivity contribution in [3.63, 3.8) is 0 Å². The van der Waals surface area contributed by atoms with Gasteiger partial charge in [0.15, 0.2) is 0 Å². The highest BCUT2D eigenvalue weighted by molar-refractivity contribution is 9.12. The van der Waals surface area contributed by atoms with E-state index in [9.17, 15) is 4.79 Å². The lowest BCUT2D eigenvalue weighted by Crippen LogP contribution is -2.23. The number of ketones is 1. The predicted octanol–water partition coefficient (Wildman–Crippen LogP) is 3.15. The van der Waals surface area contributed by atoms with Crippen molar-refractivity contribution in [1.82, 2.24) is 0 Å². The van der Waals surface area contributed by atoms with Gasteiger partial charge in [-0.25, -0.2) is 0 Å². The first-order chi connectivity index (χ1) is 6.70. The Hall–Kier alpha value is -0.890. The van der Waals surface area contributed by atoms with Gasteiger partial charge in [0.1, 0.15) is 5.78 Å². The number of fused-ring (bicyclic) bond motifs is 1. The number of carbonyl (C=O) groups is 1. The molecule has 0 bridgehead atoms. The highest BCUT2D eigenvalue weighted by atomic mass is 79.9. The van der Waals surface area contributed by atoms with Crippen molar-refractivity contribution in [3.05, 3.63) is 46.5 Å². The Labute approximate surface area is 92.0 Å². The van der Waals surface area contributed by atoms with E-state index in [-0.39, 0.29) is 17.6 Å². The van der Waals surface area contributed by atoms with Gasteiger partial charge in [-0.1, -0.05) is 46.3 Å². The quantitative estimate of drug-likeness (QED) is 0.699. The van der Waals surface area contributed by atoms with Crippen LogP contribution in [0.4, 0.5) is 0 Å². The van der Waals surface area contributed by atoms with E-state index < -0.39 is 0 Å². The van der Waals surface area contributed by atoms with Crippen LogP contribution in [0.5, 0.6) is 0 Å². The van der Waals surface area contributed by atoms with Crippen LogP contribution < -0.4 is 0 Å². The molecule has 0 radical (unpaired) electrons. The summed E-state index contributed by atoms with van der Waals surface area (Å²) in [6.07, 6.45) is 12.1. The molecule has 0 fully saturated rings. The van der Waals surface area contributed by atoms with Crippen LogP contribution in [0.25, 0.3) is 0 Å². The van der Waals surface area contributed by atoms with Crippen molar-refractivity contribution in [2.24, 2.45) is 11.8 Å². The lowest BCUT2D eigenvalue weighted by atomic mass is 9.78. The van der Waals surface area contributed by atoms with Crippen LogP contribution in [0.15, 0.2) is 46.5 Å². The molecule has 0 amide bonds. The molecule has 0 aromatic rings. The molecule has 1 nitrogen and oxygen atoms in total. The zero-order valence-corrected chi connectivity index (χ0v) is 9.49. The first-order valence-corrected chi connectivity index (χ1v) is 5.42. The summed E-state index contributed by atoms with van der Waals surface area (Å²) < 4.78 is 1.08. The fourth-order valence-electron chi connectivity index (χ4n) is 1.91. The van der Waals surface area contributed by atoms with Crippen molar-refractivity contribution in [2.45, 2.75) is 6.92 Å². The molecular weight excluding hydrogens is 240 g/mol. The van der Waals surface area contributed by atoms with Crippen molar-refractivity contribution < 1.29 is 4.79 Å². The second-order valence-corrected chi connectivity index (χ2v) is 4.42. The van der Waals surface area contributed by atoms with Gasteiger partial charge < -0.3 is 0 Å². The monoisotopic (exact) mass is 250 g/mol. The number of hydrogen-bond donors (Lipinski definition) is 0. The zero-order valence-electron chi connectivity index (χ0n) is 7.91. The summed E-state index contributed by atoms with van der Waals surface area (Å²) in [7, 11) is 0. The molecule has 2 aliphatic carbocycles. The van der Waals surface area contributed by atoms with Gasteiger partial charge in [0.2, 0.25) is 0 Å². The number of hydrogen-bond acceptors (Lipinski definition) is 1. The molecule has 72 valence electrons. The Morgan fingerprint density at radius 3 is 2.71 bits per heavy atom. The first-order valence-electron chi connectivity index (χ1n) is 4.63. The molecule has 14 heavy (non-hydrogen) atoms. The summed E-state index contributed by atoms with van der Waals surface area (Å²) in [6, 6.07) is 0. The molecule has 0 saturated heterocycles. The van der Waals surface area contributed by atoms with E-state index in [1.54, 1.807) is 6.92 Å². The molecule has 0 spiro atoms. The summed E-state index contributed by atoms with van der Waals surface area (Å²) in [6.45, 7) is 1.65. The number of rotatable bonds is 1. The van der Waals surface area contributed by atoms with Crippen molar-refractivity contribution in [2.75, 3.05) is 0 Å². The molecule has 0 aromatic heterocycles. The first kappa shape index (κ1) is 9.66. The lowest BCUT2D eigenvalue weighted by molar-refractivity contribution is -0.120. The van der Waals surface area contributed by atoms with Gasteiger partial charge in [-0.2, -0.15) is 0 Å². The highest BCUT2D eigenvalue weighted by Gasteiger charge is 2.28. The van der Waals surface area contributed by atoms with Gasteiger partial charge in [0.05, 0.1) is 0 Å². The second-order valence-electron chi connectivity index (χ2n) is 3.57. The van der Waals surface area contributed by atoms with E-state index >= 15 is 0 Å². The van der Waals surface area contributed by atoms with Crippen LogP contribution in [-0.4, -0.2) is 5.78 Å². The van der Waals surface area contributed by atoms with E-state index in [1.165, 1.54) is 5.57 Å². The summed E-state index contributed by atoms with van der Waals surface area (Å²) in [5.74, 6) is 0.452.